The number of furan rings is 1. The van der Waals surface area contributed by atoms with Gasteiger partial charge < -0.3 is 19.4 Å². The van der Waals surface area contributed by atoms with Crippen molar-refractivity contribution in [2.75, 3.05) is 13.1 Å². The Kier molecular flexibility index (Phi) is 5.76. The van der Waals surface area contributed by atoms with Crippen LogP contribution >= 0.6 is 15.9 Å². The largest absolute Gasteiger partial charge is 0.444 e. The molecule has 1 aliphatic heterocycles. The van der Waals surface area contributed by atoms with Crippen molar-refractivity contribution < 1.29 is 18.8 Å². The van der Waals surface area contributed by atoms with Gasteiger partial charge in [-0.25, -0.2) is 0 Å². The molecule has 7 heteroatoms. The molecular weight excluding hydrogens is 352 g/mol. The third-order valence-corrected chi connectivity index (χ3v) is 4.06. The summed E-state index contributed by atoms with van der Waals surface area (Å²) < 4.78 is 5.80. The molecule has 0 aliphatic carbocycles. The number of carbonyl (C=O) groups is 3. The van der Waals surface area contributed by atoms with Gasteiger partial charge in [-0.05, 0) is 47.8 Å². The summed E-state index contributed by atoms with van der Waals surface area (Å²) in [7, 11) is 0. The number of carbonyl (C=O) groups excluding carboxylic acids is 3. The second-order valence-electron chi connectivity index (χ2n) is 5.44. The molecule has 2 heterocycles. The molecular formula is C15H19BrN2O4. The Morgan fingerprint density at radius 2 is 1.95 bits per heavy atom. The summed E-state index contributed by atoms with van der Waals surface area (Å²) in [5.41, 5.74) is 0. The highest BCUT2D eigenvalue weighted by atomic mass is 79.9. The molecule has 1 fully saturated rings. The Bertz CT molecular complexity index is 562. The molecule has 1 aliphatic rings. The summed E-state index contributed by atoms with van der Waals surface area (Å²) in [6, 6.07) is 3.39. The third kappa shape index (κ3) is 4.69. The highest BCUT2D eigenvalue weighted by Crippen LogP contribution is 2.18. The van der Waals surface area contributed by atoms with E-state index >= 15 is 0 Å². The molecule has 0 bridgehead atoms. The Hall–Kier alpha value is -1.63. The van der Waals surface area contributed by atoms with Gasteiger partial charge in [0.15, 0.2) is 10.4 Å². The number of piperidine rings is 1. The van der Waals surface area contributed by atoms with E-state index in [1.165, 1.54) is 6.92 Å². The minimum atomic E-state index is -0.132. The first kappa shape index (κ1) is 16.7. The second-order valence-corrected chi connectivity index (χ2v) is 6.22. The maximum Gasteiger partial charge on any atom is 0.289 e. The number of hydrogen-bond donors (Lipinski definition) is 1. The van der Waals surface area contributed by atoms with Gasteiger partial charge >= 0.3 is 0 Å². The summed E-state index contributed by atoms with van der Waals surface area (Å²) in [6.07, 6.45) is 1.92. The van der Waals surface area contributed by atoms with E-state index in [2.05, 4.69) is 21.2 Å². The summed E-state index contributed by atoms with van der Waals surface area (Å²) >= 11 is 3.18. The summed E-state index contributed by atoms with van der Waals surface area (Å²) in [4.78, 5) is 36.5. The van der Waals surface area contributed by atoms with Crippen LogP contribution in [0.4, 0.5) is 0 Å². The van der Waals surface area contributed by atoms with Gasteiger partial charge in [-0.1, -0.05) is 0 Å². The molecule has 0 aromatic carbocycles. The van der Waals surface area contributed by atoms with Crippen LogP contribution < -0.4 is 5.32 Å². The quantitative estimate of drug-likeness (QED) is 0.860. The summed E-state index contributed by atoms with van der Waals surface area (Å²) in [5, 5.41) is 2.92. The number of hydrogen-bond acceptors (Lipinski definition) is 4. The van der Waals surface area contributed by atoms with Crippen molar-refractivity contribution >= 4 is 33.5 Å². The van der Waals surface area contributed by atoms with Gasteiger partial charge in [-0.15, -0.1) is 0 Å². The molecule has 2 rings (SSSR count). The maximum atomic E-state index is 12.2. The Labute approximate surface area is 137 Å². The number of halogens is 1. The van der Waals surface area contributed by atoms with Gasteiger partial charge in [0.2, 0.25) is 5.91 Å². The van der Waals surface area contributed by atoms with Crippen molar-refractivity contribution in [1.82, 2.24) is 10.2 Å². The third-order valence-electron chi connectivity index (χ3n) is 3.64. The van der Waals surface area contributed by atoms with E-state index in [4.69, 9.17) is 4.42 Å². The predicted molar refractivity (Wildman–Crippen MR) is 83.4 cm³/mol. The maximum absolute atomic E-state index is 12.2. The fraction of sp³-hybridized carbons (Fsp3) is 0.533. The van der Waals surface area contributed by atoms with Crippen LogP contribution in [-0.4, -0.2) is 41.6 Å². The van der Waals surface area contributed by atoms with E-state index in [-0.39, 0.29) is 36.5 Å². The van der Waals surface area contributed by atoms with E-state index in [1.54, 1.807) is 17.0 Å². The second kappa shape index (κ2) is 7.58. The van der Waals surface area contributed by atoms with E-state index in [1.807, 2.05) is 0 Å². The van der Waals surface area contributed by atoms with Crippen molar-refractivity contribution in [3.05, 3.63) is 22.6 Å². The molecule has 1 saturated heterocycles. The summed E-state index contributed by atoms with van der Waals surface area (Å²) in [6.45, 7) is 2.63. The Morgan fingerprint density at radius 3 is 2.50 bits per heavy atom. The fourth-order valence-corrected chi connectivity index (χ4v) is 2.71. The standard InChI is InChI=1S/C15H19BrN2O4/c1-10(19)2-5-14(20)17-11-6-8-18(9-7-11)15(21)12-3-4-13(16)22-12/h3-4,11H,2,5-9H2,1H3,(H,17,20). The number of nitrogens with one attached hydrogen (secondary N) is 1. The molecule has 6 nitrogen and oxygen atoms in total. The minimum Gasteiger partial charge on any atom is -0.444 e. The van der Waals surface area contributed by atoms with Crippen LogP contribution in [0.25, 0.3) is 0 Å². The fourth-order valence-electron chi connectivity index (χ4n) is 2.40. The molecule has 0 atom stereocenters. The SMILES string of the molecule is CC(=O)CCC(=O)NC1CCN(C(=O)c2ccc(Br)o2)CC1. The molecule has 0 saturated carbocycles. The zero-order chi connectivity index (χ0) is 16.1. The minimum absolute atomic E-state index is 0.0141. The van der Waals surface area contributed by atoms with E-state index < -0.39 is 0 Å². The topological polar surface area (TPSA) is 79.6 Å². The number of rotatable bonds is 5. The van der Waals surface area contributed by atoms with Crippen LogP contribution in [0.3, 0.4) is 0 Å². The molecule has 2 amide bonds. The summed E-state index contributed by atoms with van der Waals surface area (Å²) in [5.74, 6) is 0.0954. The highest BCUT2D eigenvalue weighted by molar-refractivity contribution is 9.10. The zero-order valence-corrected chi connectivity index (χ0v) is 14.0. The lowest BCUT2D eigenvalue weighted by Gasteiger charge is -2.31. The van der Waals surface area contributed by atoms with Crippen molar-refractivity contribution in [2.45, 2.75) is 38.6 Å². The van der Waals surface area contributed by atoms with Gasteiger partial charge in [0.1, 0.15) is 5.78 Å². The van der Waals surface area contributed by atoms with E-state index in [0.717, 1.165) is 0 Å². The molecule has 22 heavy (non-hydrogen) atoms. The monoisotopic (exact) mass is 370 g/mol. The number of nitrogens with zero attached hydrogens (tertiary/aromatic N) is 1. The van der Waals surface area contributed by atoms with Gasteiger partial charge in [0.05, 0.1) is 0 Å². The lowest BCUT2D eigenvalue weighted by molar-refractivity contribution is -0.125. The molecule has 120 valence electrons. The Balaban J connectivity index is 1.77. The van der Waals surface area contributed by atoms with Crippen LogP contribution in [0.2, 0.25) is 0 Å². The molecule has 1 aromatic rings. The van der Waals surface area contributed by atoms with Gasteiger partial charge in [0.25, 0.3) is 5.91 Å². The Morgan fingerprint density at radius 1 is 1.27 bits per heavy atom. The molecule has 0 radical (unpaired) electrons. The van der Waals surface area contributed by atoms with Crippen LogP contribution in [0.5, 0.6) is 0 Å². The molecule has 1 N–H and O–H groups in total. The first-order chi connectivity index (χ1) is 10.5. The van der Waals surface area contributed by atoms with Crippen molar-refractivity contribution in [3.8, 4) is 0 Å². The first-order valence-corrected chi connectivity index (χ1v) is 8.08. The molecule has 1 aromatic heterocycles. The predicted octanol–water partition coefficient (Wildman–Crippen LogP) is 2.13. The van der Waals surface area contributed by atoms with Crippen LogP contribution in [-0.2, 0) is 9.59 Å². The van der Waals surface area contributed by atoms with Crippen LogP contribution in [0.15, 0.2) is 21.2 Å². The number of Topliss-reactive ketones (excluding diaryl/α,β-unsaturated/α-hetero) is 1. The number of amides is 2. The van der Waals surface area contributed by atoms with Gasteiger partial charge in [0, 0.05) is 32.0 Å². The first-order valence-electron chi connectivity index (χ1n) is 7.29. The van der Waals surface area contributed by atoms with Gasteiger partial charge in [-0.2, -0.15) is 0 Å². The highest BCUT2D eigenvalue weighted by Gasteiger charge is 2.26. The smallest absolute Gasteiger partial charge is 0.289 e. The lowest BCUT2D eigenvalue weighted by atomic mass is 10.0. The van der Waals surface area contributed by atoms with Crippen molar-refractivity contribution in [1.29, 1.82) is 0 Å². The average Bonchev–Trinajstić information content (AvgIpc) is 2.92. The van der Waals surface area contributed by atoms with Gasteiger partial charge in [-0.3, -0.25) is 9.59 Å². The molecule has 0 unspecified atom stereocenters. The average molecular weight is 371 g/mol. The van der Waals surface area contributed by atoms with Crippen LogP contribution in [0.1, 0.15) is 43.2 Å². The van der Waals surface area contributed by atoms with E-state index in [9.17, 15) is 14.4 Å². The number of ketones is 1. The zero-order valence-electron chi connectivity index (χ0n) is 12.4. The normalized spacial score (nSPS) is 15.6. The van der Waals surface area contributed by atoms with E-state index in [0.29, 0.717) is 36.4 Å². The van der Waals surface area contributed by atoms with Crippen molar-refractivity contribution in [3.63, 3.8) is 0 Å². The lowest BCUT2D eigenvalue weighted by Crippen LogP contribution is -2.46. The molecule has 0 spiro atoms. The van der Waals surface area contributed by atoms with Crippen LogP contribution in [0, 0.1) is 0 Å². The van der Waals surface area contributed by atoms with Crippen molar-refractivity contribution in [2.24, 2.45) is 0 Å². The number of likely N-dealkylation sites (tertiary alicyclic amines) is 1.